The molecule has 0 radical (unpaired) electrons. The average Bonchev–Trinajstić information content (AvgIpc) is 2.38. The van der Waals surface area contributed by atoms with Gasteiger partial charge in [-0.15, -0.1) is 0 Å². The van der Waals surface area contributed by atoms with Crippen molar-refractivity contribution >= 4 is 17.1 Å². The van der Waals surface area contributed by atoms with Crippen LogP contribution >= 0.6 is 0 Å². The Hall–Kier alpha value is -2.18. The topological polar surface area (TPSA) is 89.5 Å². The minimum absolute atomic E-state index is 0.173. The lowest BCUT2D eigenvalue weighted by molar-refractivity contribution is -0.393. The molecule has 19 heavy (non-hydrogen) atoms. The second-order valence-electron chi connectivity index (χ2n) is 4.69. The van der Waals surface area contributed by atoms with Gasteiger partial charge in [0.05, 0.1) is 15.9 Å². The summed E-state index contributed by atoms with van der Waals surface area (Å²) in [6, 6.07) is 2.45. The van der Waals surface area contributed by atoms with Gasteiger partial charge in [0, 0.05) is 19.2 Å². The average molecular weight is 265 g/mol. The van der Waals surface area contributed by atoms with E-state index in [0.717, 1.165) is 38.4 Å². The van der Waals surface area contributed by atoms with Crippen LogP contribution in [0.1, 0.15) is 24.8 Å². The fourth-order valence-corrected chi connectivity index (χ4v) is 2.52. The van der Waals surface area contributed by atoms with Gasteiger partial charge in [-0.25, -0.2) is 0 Å². The second kappa shape index (κ2) is 5.21. The summed E-state index contributed by atoms with van der Waals surface area (Å²) in [4.78, 5) is 22.8. The highest BCUT2D eigenvalue weighted by Gasteiger charge is 2.26. The van der Waals surface area contributed by atoms with Crippen molar-refractivity contribution < 1.29 is 9.85 Å². The predicted octanol–water partition coefficient (Wildman–Crippen LogP) is 2.80. The van der Waals surface area contributed by atoms with E-state index in [0.29, 0.717) is 11.3 Å². The van der Waals surface area contributed by atoms with E-state index in [-0.39, 0.29) is 11.4 Å². The zero-order chi connectivity index (χ0) is 14.0. The molecule has 1 saturated heterocycles. The Bertz CT molecular complexity index is 524. The summed E-state index contributed by atoms with van der Waals surface area (Å²) in [7, 11) is 0. The normalized spacial score (nSPS) is 15.3. The van der Waals surface area contributed by atoms with E-state index in [1.807, 2.05) is 4.90 Å². The molecular weight excluding hydrogens is 250 g/mol. The number of hydrogen-bond acceptors (Lipinski definition) is 5. The molecule has 0 spiro atoms. The maximum absolute atomic E-state index is 11.1. The van der Waals surface area contributed by atoms with Crippen LogP contribution < -0.4 is 4.90 Å². The maximum Gasteiger partial charge on any atom is 0.299 e. The first-order chi connectivity index (χ1) is 9.00. The third kappa shape index (κ3) is 2.64. The van der Waals surface area contributed by atoms with E-state index in [4.69, 9.17) is 0 Å². The van der Waals surface area contributed by atoms with Gasteiger partial charge in [0.2, 0.25) is 0 Å². The van der Waals surface area contributed by atoms with Crippen LogP contribution in [0.4, 0.5) is 17.1 Å². The van der Waals surface area contributed by atoms with E-state index in [1.165, 1.54) is 6.07 Å². The van der Waals surface area contributed by atoms with E-state index >= 15 is 0 Å². The Labute approximate surface area is 110 Å². The lowest BCUT2D eigenvalue weighted by atomic mass is 10.1. The minimum Gasteiger partial charge on any atom is -0.366 e. The van der Waals surface area contributed by atoms with Crippen LogP contribution in [0.5, 0.6) is 0 Å². The molecule has 1 aliphatic rings. The molecule has 0 unspecified atom stereocenters. The maximum atomic E-state index is 11.1. The van der Waals surface area contributed by atoms with Crippen molar-refractivity contribution in [2.75, 3.05) is 18.0 Å². The van der Waals surface area contributed by atoms with Crippen molar-refractivity contribution in [3.05, 3.63) is 37.9 Å². The number of anilines is 1. The zero-order valence-corrected chi connectivity index (χ0v) is 10.7. The number of piperidine rings is 1. The molecule has 102 valence electrons. The van der Waals surface area contributed by atoms with Crippen LogP contribution in [0.2, 0.25) is 0 Å². The van der Waals surface area contributed by atoms with Gasteiger partial charge < -0.3 is 4.90 Å². The number of nitro groups is 2. The molecule has 0 amide bonds. The number of rotatable bonds is 3. The van der Waals surface area contributed by atoms with E-state index in [9.17, 15) is 20.2 Å². The van der Waals surface area contributed by atoms with Gasteiger partial charge in [-0.1, -0.05) is 0 Å². The lowest BCUT2D eigenvalue weighted by Crippen LogP contribution is -2.30. The fraction of sp³-hybridized carbons (Fsp3) is 0.500. The van der Waals surface area contributed by atoms with Crippen molar-refractivity contribution in [1.29, 1.82) is 0 Å². The lowest BCUT2D eigenvalue weighted by Gasteiger charge is -2.29. The molecule has 0 aromatic heterocycles. The molecule has 2 rings (SSSR count). The number of aryl methyl sites for hydroxylation is 1. The summed E-state index contributed by atoms with van der Waals surface area (Å²) in [6.07, 6.45) is 3.11. The van der Waals surface area contributed by atoms with Gasteiger partial charge in [-0.2, -0.15) is 0 Å². The Morgan fingerprint density at radius 2 is 1.68 bits per heavy atom. The van der Waals surface area contributed by atoms with Gasteiger partial charge in [-0.3, -0.25) is 20.2 Å². The number of benzene rings is 1. The summed E-state index contributed by atoms with van der Waals surface area (Å²) < 4.78 is 0. The van der Waals surface area contributed by atoms with Crippen LogP contribution in [0.25, 0.3) is 0 Å². The van der Waals surface area contributed by atoms with Crippen molar-refractivity contribution in [2.45, 2.75) is 26.2 Å². The molecule has 1 aliphatic heterocycles. The van der Waals surface area contributed by atoms with Gasteiger partial charge in [0.1, 0.15) is 5.69 Å². The van der Waals surface area contributed by atoms with Crippen LogP contribution in [0, 0.1) is 27.2 Å². The Morgan fingerprint density at radius 1 is 1.05 bits per heavy atom. The highest BCUT2D eigenvalue weighted by molar-refractivity contribution is 5.71. The van der Waals surface area contributed by atoms with E-state index < -0.39 is 9.85 Å². The number of hydrogen-bond donors (Lipinski definition) is 0. The third-order valence-electron chi connectivity index (χ3n) is 3.34. The molecule has 7 nitrogen and oxygen atoms in total. The van der Waals surface area contributed by atoms with Crippen molar-refractivity contribution in [2.24, 2.45) is 0 Å². The first kappa shape index (κ1) is 13.3. The molecule has 0 aliphatic carbocycles. The number of nitrogens with zero attached hydrogens (tertiary/aromatic N) is 3. The summed E-state index contributed by atoms with van der Waals surface area (Å²) in [5.74, 6) is 0. The standard InChI is InChI=1S/C12H15N3O4/c1-9-7-10(14(16)17)8-11(15(18)19)12(9)13-5-3-2-4-6-13/h7-8H,2-6H2,1H3. The number of non-ortho nitro benzene ring substituents is 1. The quantitative estimate of drug-likeness (QED) is 0.619. The molecule has 0 atom stereocenters. The van der Waals surface area contributed by atoms with Crippen LogP contribution in [-0.4, -0.2) is 22.9 Å². The molecule has 7 heteroatoms. The Balaban J connectivity index is 2.51. The van der Waals surface area contributed by atoms with E-state index in [2.05, 4.69) is 0 Å². The molecule has 0 saturated carbocycles. The van der Waals surface area contributed by atoms with Crippen molar-refractivity contribution in [3.8, 4) is 0 Å². The smallest absolute Gasteiger partial charge is 0.299 e. The summed E-state index contributed by atoms with van der Waals surface area (Å²) in [5.41, 5.74) is 0.705. The Kier molecular flexibility index (Phi) is 3.64. The van der Waals surface area contributed by atoms with Crippen LogP contribution in [0.15, 0.2) is 12.1 Å². The predicted molar refractivity (Wildman–Crippen MR) is 70.6 cm³/mol. The van der Waals surface area contributed by atoms with Gasteiger partial charge in [0.25, 0.3) is 11.4 Å². The van der Waals surface area contributed by atoms with Gasteiger partial charge in [-0.05, 0) is 31.7 Å². The van der Waals surface area contributed by atoms with Crippen molar-refractivity contribution in [1.82, 2.24) is 0 Å². The summed E-state index contributed by atoms with van der Waals surface area (Å²) in [5, 5.41) is 21.9. The van der Waals surface area contributed by atoms with E-state index in [1.54, 1.807) is 6.92 Å². The number of nitro benzene ring substituents is 2. The van der Waals surface area contributed by atoms with Crippen LogP contribution in [0.3, 0.4) is 0 Å². The van der Waals surface area contributed by atoms with Crippen LogP contribution in [-0.2, 0) is 0 Å². The van der Waals surface area contributed by atoms with Gasteiger partial charge in [0.15, 0.2) is 0 Å². The molecular formula is C12H15N3O4. The highest BCUT2D eigenvalue weighted by atomic mass is 16.6. The summed E-state index contributed by atoms with van der Waals surface area (Å²) in [6.45, 7) is 3.21. The first-order valence-electron chi connectivity index (χ1n) is 6.19. The second-order valence-corrected chi connectivity index (χ2v) is 4.69. The molecule has 1 aromatic carbocycles. The minimum atomic E-state index is -0.597. The molecule has 1 heterocycles. The monoisotopic (exact) mass is 265 g/mol. The first-order valence-corrected chi connectivity index (χ1v) is 6.19. The molecule has 0 N–H and O–H groups in total. The third-order valence-corrected chi connectivity index (χ3v) is 3.34. The largest absolute Gasteiger partial charge is 0.366 e. The van der Waals surface area contributed by atoms with Gasteiger partial charge >= 0.3 is 0 Å². The zero-order valence-electron chi connectivity index (χ0n) is 10.7. The molecule has 1 fully saturated rings. The highest BCUT2D eigenvalue weighted by Crippen LogP contribution is 2.36. The SMILES string of the molecule is Cc1cc([N+](=O)[O-])cc([N+](=O)[O-])c1N1CCCCC1. The fourth-order valence-electron chi connectivity index (χ4n) is 2.52. The summed E-state index contributed by atoms with van der Waals surface area (Å²) >= 11 is 0. The molecule has 1 aromatic rings. The van der Waals surface area contributed by atoms with Crippen molar-refractivity contribution in [3.63, 3.8) is 0 Å². The Morgan fingerprint density at radius 3 is 2.21 bits per heavy atom. The molecule has 0 bridgehead atoms.